The first-order chi connectivity index (χ1) is 10.0. The highest BCUT2D eigenvalue weighted by Crippen LogP contribution is 2.32. The van der Waals surface area contributed by atoms with E-state index in [0.29, 0.717) is 23.7 Å². The third kappa shape index (κ3) is 4.66. The van der Waals surface area contributed by atoms with Crippen LogP contribution in [0.1, 0.15) is 20.3 Å². The Bertz CT molecular complexity index is 502. The van der Waals surface area contributed by atoms with Crippen LogP contribution in [-0.2, 0) is 9.59 Å². The molecule has 1 rings (SSSR count). The molecule has 1 aromatic rings. The highest BCUT2D eigenvalue weighted by Gasteiger charge is 2.20. The van der Waals surface area contributed by atoms with Crippen molar-refractivity contribution in [3.05, 3.63) is 18.2 Å². The standard InChI is InChI=1S/C15H22N2O4/c1-5-8-16-15(19)10-17(11(2)18)13-9-12(20-3)6-7-14(13)21-4/h6-7,9H,5,8,10H2,1-4H3,(H,16,19). The molecular formula is C15H22N2O4. The quantitative estimate of drug-likeness (QED) is 0.829. The summed E-state index contributed by atoms with van der Waals surface area (Å²) < 4.78 is 10.4. The lowest BCUT2D eigenvalue weighted by Crippen LogP contribution is -2.40. The van der Waals surface area contributed by atoms with Crippen LogP contribution in [0.25, 0.3) is 0 Å². The average Bonchev–Trinajstić information content (AvgIpc) is 2.49. The zero-order valence-corrected chi connectivity index (χ0v) is 12.9. The van der Waals surface area contributed by atoms with E-state index in [4.69, 9.17) is 9.47 Å². The van der Waals surface area contributed by atoms with Gasteiger partial charge in [0.05, 0.1) is 19.9 Å². The van der Waals surface area contributed by atoms with Crippen molar-refractivity contribution in [2.24, 2.45) is 0 Å². The van der Waals surface area contributed by atoms with E-state index in [1.165, 1.54) is 26.0 Å². The molecule has 0 saturated heterocycles. The molecule has 0 fully saturated rings. The van der Waals surface area contributed by atoms with Gasteiger partial charge in [-0.2, -0.15) is 0 Å². The molecule has 116 valence electrons. The number of amides is 2. The van der Waals surface area contributed by atoms with Gasteiger partial charge in [-0.25, -0.2) is 0 Å². The molecule has 6 nitrogen and oxygen atoms in total. The molecule has 0 atom stereocenters. The van der Waals surface area contributed by atoms with Gasteiger partial charge in [-0.15, -0.1) is 0 Å². The van der Waals surface area contributed by atoms with Crippen LogP contribution >= 0.6 is 0 Å². The van der Waals surface area contributed by atoms with E-state index in [2.05, 4.69) is 5.32 Å². The molecule has 0 saturated carbocycles. The molecule has 2 amide bonds. The lowest BCUT2D eigenvalue weighted by Gasteiger charge is -2.23. The molecule has 0 aliphatic carbocycles. The minimum atomic E-state index is -0.242. The van der Waals surface area contributed by atoms with Crippen molar-refractivity contribution in [1.82, 2.24) is 5.32 Å². The number of hydrogen-bond donors (Lipinski definition) is 1. The van der Waals surface area contributed by atoms with Gasteiger partial charge in [0, 0.05) is 19.5 Å². The van der Waals surface area contributed by atoms with Gasteiger partial charge >= 0.3 is 0 Å². The zero-order chi connectivity index (χ0) is 15.8. The highest BCUT2D eigenvalue weighted by molar-refractivity contribution is 5.98. The van der Waals surface area contributed by atoms with Gasteiger partial charge in [0.1, 0.15) is 18.0 Å². The summed E-state index contributed by atoms with van der Waals surface area (Å²) in [7, 11) is 3.05. The predicted octanol–water partition coefficient (Wildman–Crippen LogP) is 1.58. The Labute approximate surface area is 125 Å². The number of rotatable bonds is 7. The van der Waals surface area contributed by atoms with E-state index in [-0.39, 0.29) is 18.4 Å². The summed E-state index contributed by atoms with van der Waals surface area (Å²) in [5.41, 5.74) is 0.510. The maximum atomic E-state index is 11.9. The first-order valence-electron chi connectivity index (χ1n) is 6.80. The second kappa shape index (κ2) is 8.14. The van der Waals surface area contributed by atoms with Crippen molar-refractivity contribution >= 4 is 17.5 Å². The number of carbonyl (C=O) groups is 2. The molecule has 21 heavy (non-hydrogen) atoms. The third-order valence-electron chi connectivity index (χ3n) is 2.93. The van der Waals surface area contributed by atoms with Crippen molar-refractivity contribution in [2.75, 3.05) is 32.2 Å². The largest absolute Gasteiger partial charge is 0.497 e. The Morgan fingerprint density at radius 2 is 1.95 bits per heavy atom. The number of ether oxygens (including phenoxy) is 2. The van der Waals surface area contributed by atoms with Gasteiger partial charge < -0.3 is 14.8 Å². The van der Waals surface area contributed by atoms with E-state index < -0.39 is 0 Å². The van der Waals surface area contributed by atoms with Gasteiger partial charge in [-0.3, -0.25) is 14.5 Å². The first kappa shape index (κ1) is 16.8. The summed E-state index contributed by atoms with van der Waals surface area (Å²) in [6.45, 7) is 3.90. The van der Waals surface area contributed by atoms with Gasteiger partial charge in [0.25, 0.3) is 0 Å². The number of nitrogens with one attached hydrogen (secondary N) is 1. The summed E-state index contributed by atoms with van der Waals surface area (Å²) in [5, 5.41) is 2.75. The van der Waals surface area contributed by atoms with Crippen LogP contribution < -0.4 is 19.7 Å². The monoisotopic (exact) mass is 294 g/mol. The highest BCUT2D eigenvalue weighted by atomic mass is 16.5. The number of hydrogen-bond acceptors (Lipinski definition) is 4. The van der Waals surface area contributed by atoms with E-state index in [1.54, 1.807) is 18.2 Å². The maximum absolute atomic E-state index is 11.9. The molecule has 0 unspecified atom stereocenters. The lowest BCUT2D eigenvalue weighted by atomic mass is 10.2. The number of methoxy groups -OCH3 is 2. The average molecular weight is 294 g/mol. The van der Waals surface area contributed by atoms with Crippen LogP contribution in [0.2, 0.25) is 0 Å². The van der Waals surface area contributed by atoms with E-state index in [0.717, 1.165) is 6.42 Å². The summed E-state index contributed by atoms with van der Waals surface area (Å²) in [6.07, 6.45) is 0.842. The molecule has 0 bridgehead atoms. The Hall–Kier alpha value is -2.24. The van der Waals surface area contributed by atoms with Crippen molar-refractivity contribution < 1.29 is 19.1 Å². The van der Waals surface area contributed by atoms with Crippen molar-refractivity contribution in [2.45, 2.75) is 20.3 Å². The second-order valence-corrected chi connectivity index (χ2v) is 4.49. The predicted molar refractivity (Wildman–Crippen MR) is 80.9 cm³/mol. The molecule has 0 heterocycles. The van der Waals surface area contributed by atoms with Gasteiger partial charge in [-0.1, -0.05) is 6.92 Å². The van der Waals surface area contributed by atoms with Crippen LogP contribution in [0.15, 0.2) is 18.2 Å². The minimum absolute atomic E-state index is 0.0567. The number of benzene rings is 1. The topological polar surface area (TPSA) is 67.9 Å². The van der Waals surface area contributed by atoms with Gasteiger partial charge in [0.2, 0.25) is 11.8 Å². The molecule has 0 radical (unpaired) electrons. The Morgan fingerprint density at radius 3 is 2.48 bits per heavy atom. The second-order valence-electron chi connectivity index (χ2n) is 4.49. The molecule has 0 aliphatic rings. The van der Waals surface area contributed by atoms with Gasteiger partial charge in [-0.05, 0) is 18.6 Å². The van der Waals surface area contributed by atoms with Crippen molar-refractivity contribution in [3.8, 4) is 11.5 Å². The smallest absolute Gasteiger partial charge is 0.240 e. The molecular weight excluding hydrogens is 272 g/mol. The van der Waals surface area contributed by atoms with Gasteiger partial charge in [0.15, 0.2) is 0 Å². The molecule has 0 aromatic heterocycles. The third-order valence-corrected chi connectivity index (χ3v) is 2.93. The SMILES string of the molecule is CCCNC(=O)CN(C(C)=O)c1cc(OC)ccc1OC. The normalized spacial score (nSPS) is 9.90. The van der Waals surface area contributed by atoms with Crippen LogP contribution in [0.5, 0.6) is 11.5 Å². The van der Waals surface area contributed by atoms with Crippen LogP contribution in [0.3, 0.4) is 0 Å². The summed E-state index contributed by atoms with van der Waals surface area (Å²) in [6, 6.07) is 5.11. The number of carbonyl (C=O) groups excluding carboxylic acids is 2. The molecule has 1 aromatic carbocycles. The van der Waals surface area contributed by atoms with Crippen molar-refractivity contribution in [3.63, 3.8) is 0 Å². The van der Waals surface area contributed by atoms with Crippen LogP contribution in [-0.4, -0.2) is 39.1 Å². The lowest BCUT2D eigenvalue weighted by molar-refractivity contribution is -0.123. The fourth-order valence-corrected chi connectivity index (χ4v) is 1.84. The minimum Gasteiger partial charge on any atom is -0.497 e. The Balaban J connectivity index is 3.04. The first-order valence-corrected chi connectivity index (χ1v) is 6.80. The summed E-state index contributed by atoms with van der Waals surface area (Å²) in [5.74, 6) is 0.644. The van der Waals surface area contributed by atoms with Crippen molar-refractivity contribution in [1.29, 1.82) is 0 Å². The number of anilines is 1. The zero-order valence-electron chi connectivity index (χ0n) is 12.9. The van der Waals surface area contributed by atoms with Crippen LogP contribution in [0.4, 0.5) is 5.69 Å². The fraction of sp³-hybridized carbons (Fsp3) is 0.467. The summed E-state index contributed by atoms with van der Waals surface area (Å²) in [4.78, 5) is 25.1. The molecule has 0 spiro atoms. The van der Waals surface area contributed by atoms with E-state index >= 15 is 0 Å². The summed E-state index contributed by atoms with van der Waals surface area (Å²) >= 11 is 0. The molecule has 0 aliphatic heterocycles. The Morgan fingerprint density at radius 1 is 1.24 bits per heavy atom. The fourth-order valence-electron chi connectivity index (χ4n) is 1.84. The maximum Gasteiger partial charge on any atom is 0.240 e. The number of nitrogens with zero attached hydrogens (tertiary/aromatic N) is 1. The van der Waals surface area contributed by atoms with E-state index in [1.807, 2.05) is 6.92 Å². The molecule has 1 N–H and O–H groups in total. The Kier molecular flexibility index (Phi) is 6.52. The molecule has 6 heteroatoms. The van der Waals surface area contributed by atoms with E-state index in [9.17, 15) is 9.59 Å². The van der Waals surface area contributed by atoms with Crippen LogP contribution in [0, 0.1) is 0 Å².